The molecule has 1 aliphatic rings. The minimum absolute atomic E-state index is 0.242. The van der Waals surface area contributed by atoms with Crippen LogP contribution in [-0.2, 0) is 9.53 Å². The molecule has 0 fully saturated rings. The summed E-state index contributed by atoms with van der Waals surface area (Å²) in [5, 5.41) is 6.10. The first kappa shape index (κ1) is 17.0. The van der Waals surface area contributed by atoms with Crippen LogP contribution in [0.25, 0.3) is 5.70 Å². The highest BCUT2D eigenvalue weighted by Gasteiger charge is 2.34. The van der Waals surface area contributed by atoms with Gasteiger partial charge >= 0.3 is 12.0 Å². The van der Waals surface area contributed by atoms with Gasteiger partial charge in [0, 0.05) is 5.02 Å². The third-order valence-corrected chi connectivity index (χ3v) is 4.09. The second-order valence-electron chi connectivity index (χ2n) is 5.46. The number of benzene rings is 2. The van der Waals surface area contributed by atoms with Crippen LogP contribution in [0.5, 0.6) is 0 Å². The van der Waals surface area contributed by atoms with Gasteiger partial charge < -0.3 is 15.4 Å². The molecule has 0 saturated carbocycles. The lowest BCUT2D eigenvalue weighted by atomic mass is 9.93. The molecule has 2 aromatic carbocycles. The third kappa shape index (κ3) is 3.67. The Hall–Kier alpha value is -2.79. The summed E-state index contributed by atoms with van der Waals surface area (Å²) in [5.41, 5.74) is 2.29. The van der Waals surface area contributed by atoms with Crippen LogP contribution < -0.4 is 10.6 Å². The molecule has 2 N–H and O–H groups in total. The topological polar surface area (TPSA) is 67.4 Å². The number of rotatable bonds is 4. The number of carbonyl (C=O) groups excluding carboxylic acids is 2. The van der Waals surface area contributed by atoms with E-state index in [0.29, 0.717) is 16.3 Å². The molecule has 0 aromatic heterocycles. The van der Waals surface area contributed by atoms with E-state index in [4.69, 9.17) is 16.3 Å². The van der Waals surface area contributed by atoms with Gasteiger partial charge in [0.1, 0.15) is 0 Å². The van der Waals surface area contributed by atoms with Crippen LogP contribution in [0.15, 0.2) is 60.2 Å². The molecule has 0 radical (unpaired) electrons. The highest BCUT2D eigenvalue weighted by molar-refractivity contribution is 6.30. The van der Waals surface area contributed by atoms with E-state index in [0.717, 1.165) is 11.1 Å². The van der Waals surface area contributed by atoms with Crippen LogP contribution in [0.4, 0.5) is 4.79 Å². The van der Waals surface area contributed by atoms with Crippen molar-refractivity contribution in [1.82, 2.24) is 10.6 Å². The molecule has 0 unspecified atom stereocenters. The van der Waals surface area contributed by atoms with Gasteiger partial charge in [0.05, 0.1) is 23.9 Å². The van der Waals surface area contributed by atoms with E-state index in [9.17, 15) is 9.59 Å². The standard InChI is InChI=1S/C19H17ClN2O3/c1-2-25-18(23)15-16(12-6-4-3-5-7-12)21-19(24)22-17(15)13-8-10-14(20)11-9-13/h3-11,17H,2H2,1H3,(H2,21,22,24)/t17-/m1/s1. The van der Waals surface area contributed by atoms with Crippen molar-refractivity contribution in [2.75, 3.05) is 6.61 Å². The van der Waals surface area contributed by atoms with Crippen molar-refractivity contribution in [3.63, 3.8) is 0 Å². The Balaban J connectivity index is 2.16. The van der Waals surface area contributed by atoms with Crippen molar-refractivity contribution >= 4 is 29.3 Å². The van der Waals surface area contributed by atoms with Crippen LogP contribution in [-0.4, -0.2) is 18.6 Å². The lowest BCUT2D eigenvalue weighted by molar-refractivity contribution is -0.138. The fourth-order valence-electron chi connectivity index (χ4n) is 2.73. The van der Waals surface area contributed by atoms with E-state index in [-0.39, 0.29) is 12.6 Å². The van der Waals surface area contributed by atoms with Gasteiger partial charge in [-0.2, -0.15) is 0 Å². The van der Waals surface area contributed by atoms with Crippen LogP contribution in [0.1, 0.15) is 24.1 Å². The van der Waals surface area contributed by atoms with E-state index in [1.807, 2.05) is 30.3 Å². The Labute approximate surface area is 150 Å². The number of urea groups is 1. The SMILES string of the molecule is CCOC(=O)C1=C(c2ccccc2)NC(=O)N[C@@H]1c1ccc(Cl)cc1. The lowest BCUT2D eigenvalue weighted by Crippen LogP contribution is -2.45. The summed E-state index contributed by atoms with van der Waals surface area (Å²) in [7, 11) is 0. The number of carbonyl (C=O) groups is 2. The maximum Gasteiger partial charge on any atom is 0.338 e. The number of hydrogen-bond acceptors (Lipinski definition) is 3. The molecule has 2 aromatic rings. The van der Waals surface area contributed by atoms with Crippen LogP contribution >= 0.6 is 11.6 Å². The second-order valence-corrected chi connectivity index (χ2v) is 5.89. The number of hydrogen-bond donors (Lipinski definition) is 2. The van der Waals surface area contributed by atoms with Crippen LogP contribution in [0.3, 0.4) is 0 Å². The van der Waals surface area contributed by atoms with Crippen molar-refractivity contribution in [3.05, 3.63) is 76.3 Å². The van der Waals surface area contributed by atoms with E-state index in [2.05, 4.69) is 10.6 Å². The fraction of sp³-hybridized carbons (Fsp3) is 0.158. The lowest BCUT2D eigenvalue weighted by Gasteiger charge is -2.29. The first-order valence-corrected chi connectivity index (χ1v) is 8.27. The zero-order valence-electron chi connectivity index (χ0n) is 13.6. The monoisotopic (exact) mass is 356 g/mol. The Morgan fingerprint density at radius 3 is 2.44 bits per heavy atom. The summed E-state index contributed by atoms with van der Waals surface area (Å²) in [5.74, 6) is -0.478. The summed E-state index contributed by atoms with van der Waals surface area (Å²) in [6.45, 7) is 1.98. The molecular weight excluding hydrogens is 340 g/mol. The molecule has 1 atom stereocenters. The largest absolute Gasteiger partial charge is 0.463 e. The molecule has 0 bridgehead atoms. The normalized spacial score (nSPS) is 16.9. The Morgan fingerprint density at radius 2 is 1.80 bits per heavy atom. The molecule has 5 nitrogen and oxygen atoms in total. The average Bonchev–Trinajstić information content (AvgIpc) is 2.62. The predicted molar refractivity (Wildman–Crippen MR) is 95.9 cm³/mol. The quantitative estimate of drug-likeness (QED) is 0.821. The molecule has 0 aliphatic carbocycles. The molecule has 3 rings (SSSR count). The van der Waals surface area contributed by atoms with Gasteiger partial charge in [-0.1, -0.05) is 54.1 Å². The second kappa shape index (κ2) is 7.40. The highest BCUT2D eigenvalue weighted by atomic mass is 35.5. The number of amides is 2. The van der Waals surface area contributed by atoms with E-state index < -0.39 is 12.0 Å². The van der Waals surface area contributed by atoms with Crippen molar-refractivity contribution in [3.8, 4) is 0 Å². The summed E-state index contributed by atoms with van der Waals surface area (Å²) >= 11 is 5.95. The third-order valence-electron chi connectivity index (χ3n) is 3.83. The first-order valence-electron chi connectivity index (χ1n) is 7.90. The average molecular weight is 357 g/mol. The molecule has 0 saturated heterocycles. The number of nitrogens with one attached hydrogen (secondary N) is 2. The molecule has 128 valence electrons. The Morgan fingerprint density at radius 1 is 1.12 bits per heavy atom. The summed E-state index contributed by atoms with van der Waals surface area (Å²) in [4.78, 5) is 24.8. The van der Waals surface area contributed by atoms with Crippen LogP contribution in [0.2, 0.25) is 5.02 Å². The van der Waals surface area contributed by atoms with Crippen LogP contribution in [0, 0.1) is 0 Å². The van der Waals surface area contributed by atoms with Gasteiger partial charge in [0.25, 0.3) is 0 Å². The van der Waals surface area contributed by atoms with Crippen molar-refractivity contribution in [2.24, 2.45) is 0 Å². The molecule has 6 heteroatoms. The number of halogens is 1. The minimum atomic E-state index is -0.625. The molecule has 2 amide bonds. The predicted octanol–water partition coefficient (Wildman–Crippen LogP) is 3.67. The summed E-state index contributed by atoms with van der Waals surface area (Å²) in [6, 6.07) is 15.2. The molecule has 0 spiro atoms. The maximum absolute atomic E-state index is 12.6. The van der Waals surface area contributed by atoms with Crippen molar-refractivity contribution in [1.29, 1.82) is 0 Å². The smallest absolute Gasteiger partial charge is 0.338 e. The van der Waals surface area contributed by atoms with E-state index in [1.165, 1.54) is 0 Å². The molecule has 1 aliphatic heterocycles. The molecule has 1 heterocycles. The van der Waals surface area contributed by atoms with Gasteiger partial charge in [-0.15, -0.1) is 0 Å². The van der Waals surface area contributed by atoms with Gasteiger partial charge in [0.15, 0.2) is 0 Å². The number of ether oxygens (including phenoxy) is 1. The van der Waals surface area contributed by atoms with Crippen molar-refractivity contribution in [2.45, 2.75) is 13.0 Å². The summed E-state index contributed by atoms with van der Waals surface area (Å²) < 4.78 is 5.23. The highest BCUT2D eigenvalue weighted by Crippen LogP contribution is 2.32. The minimum Gasteiger partial charge on any atom is -0.463 e. The van der Waals surface area contributed by atoms with Gasteiger partial charge in [-0.3, -0.25) is 0 Å². The number of esters is 1. The zero-order valence-corrected chi connectivity index (χ0v) is 14.3. The maximum atomic E-state index is 12.6. The summed E-state index contributed by atoms with van der Waals surface area (Å²) in [6.07, 6.45) is 0. The van der Waals surface area contributed by atoms with E-state index in [1.54, 1.807) is 31.2 Å². The van der Waals surface area contributed by atoms with E-state index >= 15 is 0 Å². The van der Waals surface area contributed by atoms with Crippen molar-refractivity contribution < 1.29 is 14.3 Å². The molecule has 25 heavy (non-hydrogen) atoms. The molecular formula is C19H17ClN2O3. The van der Waals surface area contributed by atoms with Gasteiger partial charge in [0.2, 0.25) is 0 Å². The van der Waals surface area contributed by atoms with Gasteiger partial charge in [-0.05, 0) is 30.2 Å². The Bertz CT molecular complexity index is 816. The fourth-order valence-corrected chi connectivity index (χ4v) is 2.86. The zero-order chi connectivity index (χ0) is 17.8. The van der Waals surface area contributed by atoms with Gasteiger partial charge in [-0.25, -0.2) is 9.59 Å². The first-order chi connectivity index (χ1) is 12.1. The Kier molecular flexibility index (Phi) is 5.05.